The van der Waals surface area contributed by atoms with Crippen molar-refractivity contribution >= 4 is 12.1 Å². The van der Waals surface area contributed by atoms with Gasteiger partial charge in [0, 0.05) is 0 Å². The van der Waals surface area contributed by atoms with Crippen LogP contribution in [-0.2, 0) is 14.3 Å². The topological polar surface area (TPSA) is 76.1 Å². The first-order valence-corrected chi connectivity index (χ1v) is 3.82. The van der Waals surface area contributed by atoms with Crippen LogP contribution >= 0.6 is 0 Å². The minimum Gasteiger partial charge on any atom is -0.467 e. The zero-order valence-corrected chi connectivity index (χ0v) is 7.23. The van der Waals surface area contributed by atoms with Gasteiger partial charge >= 0.3 is 12.1 Å². The Morgan fingerprint density at radius 2 is 2.54 bits per heavy atom. The molecule has 1 heterocycles. The Labute approximate surface area is 75.0 Å². The van der Waals surface area contributed by atoms with E-state index in [1.165, 1.54) is 12.0 Å². The average Bonchev–Trinajstić information content (AvgIpc) is 2.50. The second kappa shape index (κ2) is 4.08. The standard InChI is InChI=1S/C7H11NO5/c1-12-6(10)5(9)4-8-2-3-13-7(8)11/h5,9H,2-4H2,1H3. The molecule has 0 bridgehead atoms. The number of β-amino-alcohol motifs (C(OH)–C–C–N with tert-alkyl or cyclic N) is 1. The number of methoxy groups -OCH3 is 1. The maximum atomic E-state index is 10.9. The molecule has 1 atom stereocenters. The van der Waals surface area contributed by atoms with Crippen LogP contribution in [0.3, 0.4) is 0 Å². The predicted molar refractivity (Wildman–Crippen MR) is 40.9 cm³/mol. The number of ether oxygens (including phenoxy) is 2. The Balaban J connectivity index is 2.39. The molecule has 0 aliphatic carbocycles. The lowest BCUT2D eigenvalue weighted by atomic mass is 10.3. The van der Waals surface area contributed by atoms with Crippen LogP contribution < -0.4 is 0 Å². The van der Waals surface area contributed by atoms with Gasteiger partial charge in [0.05, 0.1) is 20.2 Å². The highest BCUT2D eigenvalue weighted by Gasteiger charge is 2.27. The van der Waals surface area contributed by atoms with Crippen LogP contribution in [0.2, 0.25) is 0 Å². The Morgan fingerprint density at radius 1 is 1.85 bits per heavy atom. The van der Waals surface area contributed by atoms with Crippen molar-refractivity contribution in [3.63, 3.8) is 0 Å². The molecule has 0 spiro atoms. The third-order valence-electron chi connectivity index (χ3n) is 1.71. The van der Waals surface area contributed by atoms with E-state index < -0.39 is 18.2 Å². The lowest BCUT2D eigenvalue weighted by Gasteiger charge is -2.15. The Kier molecular flexibility index (Phi) is 3.07. The number of nitrogens with zero attached hydrogens (tertiary/aromatic N) is 1. The van der Waals surface area contributed by atoms with Gasteiger partial charge in [-0.05, 0) is 0 Å². The Hall–Kier alpha value is -1.30. The van der Waals surface area contributed by atoms with E-state index in [1.807, 2.05) is 0 Å². The highest BCUT2D eigenvalue weighted by Crippen LogP contribution is 2.04. The molecule has 1 amide bonds. The number of aliphatic hydroxyl groups is 1. The lowest BCUT2D eigenvalue weighted by Crippen LogP contribution is -2.37. The number of esters is 1. The summed E-state index contributed by atoms with van der Waals surface area (Å²) in [6.45, 7) is 0.616. The molecule has 6 heteroatoms. The Morgan fingerprint density at radius 3 is 3.00 bits per heavy atom. The summed E-state index contributed by atoms with van der Waals surface area (Å²) in [7, 11) is 1.17. The van der Waals surface area contributed by atoms with Crippen LogP contribution in [0.4, 0.5) is 4.79 Å². The fraction of sp³-hybridized carbons (Fsp3) is 0.714. The molecule has 1 saturated heterocycles. The van der Waals surface area contributed by atoms with E-state index in [2.05, 4.69) is 9.47 Å². The number of hydrogen-bond acceptors (Lipinski definition) is 5. The maximum Gasteiger partial charge on any atom is 0.410 e. The highest BCUT2D eigenvalue weighted by molar-refractivity contribution is 5.76. The molecule has 1 N–H and O–H groups in total. The third kappa shape index (κ3) is 2.32. The van der Waals surface area contributed by atoms with Crippen molar-refractivity contribution in [3.05, 3.63) is 0 Å². The third-order valence-corrected chi connectivity index (χ3v) is 1.71. The van der Waals surface area contributed by atoms with Gasteiger partial charge in [0.1, 0.15) is 6.61 Å². The van der Waals surface area contributed by atoms with Crippen molar-refractivity contribution in [2.75, 3.05) is 26.8 Å². The smallest absolute Gasteiger partial charge is 0.410 e. The van der Waals surface area contributed by atoms with Gasteiger partial charge in [0.2, 0.25) is 0 Å². The van der Waals surface area contributed by atoms with Crippen LogP contribution in [0.1, 0.15) is 0 Å². The van der Waals surface area contributed by atoms with Gasteiger partial charge in [-0.3, -0.25) is 0 Å². The molecule has 1 unspecified atom stereocenters. The molecule has 1 rings (SSSR count). The summed E-state index contributed by atoms with van der Waals surface area (Å²) >= 11 is 0. The Bertz CT molecular complexity index is 217. The van der Waals surface area contributed by atoms with Gasteiger partial charge in [-0.2, -0.15) is 0 Å². The zero-order valence-electron chi connectivity index (χ0n) is 7.23. The van der Waals surface area contributed by atoms with Crippen molar-refractivity contribution in [2.24, 2.45) is 0 Å². The van der Waals surface area contributed by atoms with Gasteiger partial charge in [-0.15, -0.1) is 0 Å². The van der Waals surface area contributed by atoms with E-state index in [0.29, 0.717) is 13.2 Å². The molecule has 74 valence electrons. The number of carbonyl (C=O) groups excluding carboxylic acids is 2. The molecule has 0 aromatic heterocycles. The van der Waals surface area contributed by atoms with Crippen LogP contribution in [-0.4, -0.2) is 55.0 Å². The van der Waals surface area contributed by atoms with E-state index in [1.54, 1.807) is 0 Å². The van der Waals surface area contributed by atoms with E-state index >= 15 is 0 Å². The van der Waals surface area contributed by atoms with E-state index in [-0.39, 0.29) is 6.54 Å². The van der Waals surface area contributed by atoms with Gasteiger partial charge < -0.3 is 19.5 Å². The molecule has 1 aliphatic rings. The predicted octanol–water partition coefficient (Wildman–Crippen LogP) is -1.03. The van der Waals surface area contributed by atoms with Crippen molar-refractivity contribution in [1.82, 2.24) is 4.90 Å². The summed E-state index contributed by atoms with van der Waals surface area (Å²) in [5.41, 5.74) is 0. The first-order chi connectivity index (χ1) is 6.15. The lowest BCUT2D eigenvalue weighted by molar-refractivity contribution is -0.150. The second-order valence-corrected chi connectivity index (χ2v) is 2.60. The van der Waals surface area contributed by atoms with Crippen LogP contribution in [0.25, 0.3) is 0 Å². The number of aliphatic hydroxyl groups excluding tert-OH is 1. The van der Waals surface area contributed by atoms with Crippen LogP contribution in [0, 0.1) is 0 Å². The number of cyclic esters (lactones) is 1. The molecule has 1 fully saturated rings. The molecule has 6 nitrogen and oxygen atoms in total. The average molecular weight is 189 g/mol. The molecule has 0 aromatic rings. The number of amides is 1. The van der Waals surface area contributed by atoms with Gasteiger partial charge in [0.15, 0.2) is 6.10 Å². The number of carbonyl (C=O) groups is 2. The summed E-state index contributed by atoms with van der Waals surface area (Å²) in [6.07, 6.45) is -1.81. The largest absolute Gasteiger partial charge is 0.467 e. The highest BCUT2D eigenvalue weighted by atomic mass is 16.6. The summed E-state index contributed by atoms with van der Waals surface area (Å²) in [5, 5.41) is 9.17. The van der Waals surface area contributed by atoms with Gasteiger partial charge in [-0.25, -0.2) is 9.59 Å². The van der Waals surface area contributed by atoms with Crippen LogP contribution in [0.5, 0.6) is 0 Å². The van der Waals surface area contributed by atoms with E-state index in [4.69, 9.17) is 0 Å². The monoisotopic (exact) mass is 189 g/mol. The molecular formula is C7H11NO5. The summed E-state index contributed by atoms with van der Waals surface area (Å²) in [4.78, 5) is 22.9. The first kappa shape index (κ1) is 9.79. The number of rotatable bonds is 3. The summed E-state index contributed by atoms with van der Waals surface area (Å²) in [6, 6.07) is 0. The van der Waals surface area contributed by atoms with Crippen molar-refractivity contribution < 1.29 is 24.2 Å². The molecule has 13 heavy (non-hydrogen) atoms. The van der Waals surface area contributed by atoms with Crippen molar-refractivity contribution in [3.8, 4) is 0 Å². The molecule has 0 saturated carbocycles. The normalized spacial score (nSPS) is 18.3. The van der Waals surface area contributed by atoms with Crippen LogP contribution in [0.15, 0.2) is 0 Å². The first-order valence-electron chi connectivity index (χ1n) is 3.82. The van der Waals surface area contributed by atoms with Crippen molar-refractivity contribution in [2.45, 2.75) is 6.10 Å². The van der Waals surface area contributed by atoms with Crippen molar-refractivity contribution in [1.29, 1.82) is 0 Å². The molecular weight excluding hydrogens is 178 g/mol. The molecule has 0 aromatic carbocycles. The quantitative estimate of drug-likeness (QED) is 0.574. The fourth-order valence-electron chi connectivity index (χ4n) is 1.01. The SMILES string of the molecule is COC(=O)C(O)CN1CCOC1=O. The number of hydrogen-bond donors (Lipinski definition) is 1. The fourth-order valence-corrected chi connectivity index (χ4v) is 1.01. The van der Waals surface area contributed by atoms with Gasteiger partial charge in [0.25, 0.3) is 0 Å². The minimum atomic E-state index is -1.30. The minimum absolute atomic E-state index is 0.0779. The summed E-state index contributed by atoms with van der Waals surface area (Å²) in [5.74, 6) is -0.750. The second-order valence-electron chi connectivity index (χ2n) is 2.60. The maximum absolute atomic E-state index is 10.9. The van der Waals surface area contributed by atoms with E-state index in [0.717, 1.165) is 0 Å². The molecule has 1 aliphatic heterocycles. The van der Waals surface area contributed by atoms with Gasteiger partial charge in [-0.1, -0.05) is 0 Å². The molecule has 0 radical (unpaired) electrons. The van der Waals surface area contributed by atoms with E-state index in [9.17, 15) is 14.7 Å². The summed E-state index contributed by atoms with van der Waals surface area (Å²) < 4.78 is 8.89. The zero-order chi connectivity index (χ0) is 9.84.